The lowest BCUT2D eigenvalue weighted by Gasteiger charge is -2.44. The lowest BCUT2D eigenvalue weighted by molar-refractivity contribution is -0.336. The van der Waals surface area contributed by atoms with Crippen molar-refractivity contribution in [1.82, 2.24) is 0 Å². The van der Waals surface area contributed by atoms with E-state index in [9.17, 15) is 20.4 Å². The lowest BCUT2D eigenvalue weighted by Crippen LogP contribution is -2.60. The average molecular weight is 308 g/mol. The average Bonchev–Trinajstić information content (AvgIpc) is 2.40. The standard InChI is InChI=1S/C13H24O8/c1-5-9(16)12(18-3)10(17)13(20-5)21-11-6(2)19-8(15)4-7(11)14/h5-17H,4H2,1-3H3/t5-,6+,7-,8+,9-,10-,11-,12+,13-/m0/s1. The number of rotatable bonds is 3. The first kappa shape index (κ1) is 17.0. The Kier molecular flexibility index (Phi) is 5.55. The van der Waals surface area contributed by atoms with Crippen molar-refractivity contribution in [3.05, 3.63) is 0 Å². The Labute approximate surface area is 123 Å². The summed E-state index contributed by atoms with van der Waals surface area (Å²) in [6, 6.07) is 0. The van der Waals surface area contributed by atoms with Crippen molar-refractivity contribution in [3.8, 4) is 0 Å². The van der Waals surface area contributed by atoms with E-state index >= 15 is 0 Å². The molecule has 0 aromatic carbocycles. The molecule has 0 amide bonds. The third kappa shape index (κ3) is 3.54. The van der Waals surface area contributed by atoms with Gasteiger partial charge in [-0.2, -0.15) is 0 Å². The summed E-state index contributed by atoms with van der Waals surface area (Å²) in [7, 11) is 1.38. The Morgan fingerprint density at radius 1 is 0.905 bits per heavy atom. The molecule has 9 atom stereocenters. The Balaban J connectivity index is 2.04. The fraction of sp³-hybridized carbons (Fsp3) is 1.00. The van der Waals surface area contributed by atoms with E-state index in [1.54, 1.807) is 13.8 Å². The summed E-state index contributed by atoms with van der Waals surface area (Å²) in [4.78, 5) is 0. The summed E-state index contributed by atoms with van der Waals surface area (Å²) in [5.74, 6) is 0. The molecule has 124 valence electrons. The molecule has 2 fully saturated rings. The van der Waals surface area contributed by atoms with Crippen molar-refractivity contribution in [2.24, 2.45) is 0 Å². The van der Waals surface area contributed by atoms with Crippen LogP contribution in [0.15, 0.2) is 0 Å². The van der Waals surface area contributed by atoms with E-state index in [1.807, 2.05) is 0 Å². The summed E-state index contributed by atoms with van der Waals surface area (Å²) in [6.07, 6.45) is -7.97. The number of hydrogen-bond donors (Lipinski definition) is 4. The van der Waals surface area contributed by atoms with Crippen LogP contribution in [0.3, 0.4) is 0 Å². The Morgan fingerprint density at radius 2 is 1.57 bits per heavy atom. The molecule has 21 heavy (non-hydrogen) atoms. The molecule has 0 unspecified atom stereocenters. The van der Waals surface area contributed by atoms with Gasteiger partial charge in [-0.25, -0.2) is 0 Å². The smallest absolute Gasteiger partial charge is 0.187 e. The first-order chi connectivity index (χ1) is 9.85. The van der Waals surface area contributed by atoms with Gasteiger partial charge in [0, 0.05) is 13.5 Å². The number of methoxy groups -OCH3 is 1. The van der Waals surface area contributed by atoms with Crippen molar-refractivity contribution in [2.75, 3.05) is 7.11 Å². The fourth-order valence-electron chi connectivity index (χ4n) is 2.78. The largest absolute Gasteiger partial charge is 0.390 e. The minimum Gasteiger partial charge on any atom is -0.390 e. The van der Waals surface area contributed by atoms with E-state index in [1.165, 1.54) is 7.11 Å². The van der Waals surface area contributed by atoms with Crippen molar-refractivity contribution in [2.45, 2.75) is 75.6 Å². The minimum atomic E-state index is -1.20. The first-order valence-electron chi connectivity index (χ1n) is 7.06. The van der Waals surface area contributed by atoms with Gasteiger partial charge in [0.25, 0.3) is 0 Å². The zero-order chi connectivity index (χ0) is 15.7. The normalized spacial score (nSPS) is 51.9. The van der Waals surface area contributed by atoms with Crippen LogP contribution in [0.1, 0.15) is 20.3 Å². The van der Waals surface area contributed by atoms with Gasteiger partial charge >= 0.3 is 0 Å². The quantitative estimate of drug-likeness (QED) is 0.489. The van der Waals surface area contributed by atoms with Gasteiger partial charge in [0.1, 0.15) is 24.4 Å². The van der Waals surface area contributed by atoms with Gasteiger partial charge in [0.05, 0.1) is 18.3 Å². The van der Waals surface area contributed by atoms with Gasteiger partial charge in [-0.1, -0.05) is 0 Å². The van der Waals surface area contributed by atoms with Crippen LogP contribution in [0.25, 0.3) is 0 Å². The predicted molar refractivity (Wildman–Crippen MR) is 69.2 cm³/mol. The molecule has 8 nitrogen and oxygen atoms in total. The fourth-order valence-corrected chi connectivity index (χ4v) is 2.78. The van der Waals surface area contributed by atoms with Crippen LogP contribution in [-0.4, -0.2) is 82.8 Å². The van der Waals surface area contributed by atoms with E-state index in [4.69, 9.17) is 18.9 Å². The topological polar surface area (TPSA) is 118 Å². The van der Waals surface area contributed by atoms with E-state index in [2.05, 4.69) is 0 Å². The van der Waals surface area contributed by atoms with Crippen LogP contribution < -0.4 is 0 Å². The maximum absolute atomic E-state index is 10.2. The molecule has 2 heterocycles. The molecule has 2 aliphatic heterocycles. The number of aliphatic hydroxyl groups excluding tert-OH is 4. The second kappa shape index (κ2) is 6.84. The lowest BCUT2D eigenvalue weighted by atomic mass is 9.98. The molecule has 2 rings (SSSR count). The van der Waals surface area contributed by atoms with Gasteiger partial charge in [0.15, 0.2) is 12.6 Å². The molecule has 0 aliphatic carbocycles. The molecule has 8 heteroatoms. The number of aliphatic hydroxyl groups is 4. The molecule has 2 saturated heterocycles. The van der Waals surface area contributed by atoms with Gasteiger partial charge in [-0.15, -0.1) is 0 Å². The summed E-state index contributed by atoms with van der Waals surface area (Å²) in [5, 5.41) is 39.5. The van der Waals surface area contributed by atoms with Crippen LogP contribution in [0.4, 0.5) is 0 Å². The number of ether oxygens (including phenoxy) is 4. The van der Waals surface area contributed by atoms with E-state index < -0.39 is 55.3 Å². The highest BCUT2D eigenvalue weighted by molar-refractivity contribution is 4.90. The molecule has 0 aromatic heterocycles. The maximum atomic E-state index is 10.2. The highest BCUT2D eigenvalue weighted by Crippen LogP contribution is 2.28. The zero-order valence-corrected chi connectivity index (χ0v) is 12.3. The predicted octanol–water partition coefficient (Wildman–Crippen LogP) is -1.66. The van der Waals surface area contributed by atoms with E-state index in [-0.39, 0.29) is 6.42 Å². The van der Waals surface area contributed by atoms with Gasteiger partial charge in [0.2, 0.25) is 0 Å². The molecule has 0 aromatic rings. The Morgan fingerprint density at radius 3 is 2.14 bits per heavy atom. The highest BCUT2D eigenvalue weighted by Gasteiger charge is 2.46. The summed E-state index contributed by atoms with van der Waals surface area (Å²) in [5.41, 5.74) is 0. The van der Waals surface area contributed by atoms with Crippen LogP contribution in [0.2, 0.25) is 0 Å². The van der Waals surface area contributed by atoms with Crippen molar-refractivity contribution in [1.29, 1.82) is 0 Å². The third-order valence-corrected chi connectivity index (χ3v) is 4.00. The van der Waals surface area contributed by atoms with Crippen LogP contribution in [-0.2, 0) is 18.9 Å². The molecular weight excluding hydrogens is 284 g/mol. The maximum Gasteiger partial charge on any atom is 0.187 e. The van der Waals surface area contributed by atoms with Gasteiger partial charge < -0.3 is 39.4 Å². The molecule has 4 N–H and O–H groups in total. The van der Waals surface area contributed by atoms with E-state index in [0.29, 0.717) is 0 Å². The summed E-state index contributed by atoms with van der Waals surface area (Å²) >= 11 is 0. The van der Waals surface area contributed by atoms with Crippen molar-refractivity contribution < 1.29 is 39.4 Å². The SMILES string of the molecule is CO[C@H]1[C@H](O)[C@H](O[C@@H]2[C@@H](O)C[C@H](O)O[C@@H]2C)O[C@@H](C)[C@@H]1O. The molecule has 0 bridgehead atoms. The second-order valence-corrected chi connectivity index (χ2v) is 5.59. The molecule has 0 radical (unpaired) electrons. The number of hydrogen-bond acceptors (Lipinski definition) is 8. The van der Waals surface area contributed by atoms with Gasteiger partial charge in [-0.3, -0.25) is 0 Å². The third-order valence-electron chi connectivity index (χ3n) is 4.00. The Bertz CT molecular complexity index is 328. The van der Waals surface area contributed by atoms with Crippen molar-refractivity contribution in [3.63, 3.8) is 0 Å². The van der Waals surface area contributed by atoms with Crippen molar-refractivity contribution >= 4 is 0 Å². The minimum absolute atomic E-state index is 0.0176. The summed E-state index contributed by atoms with van der Waals surface area (Å²) in [6.45, 7) is 3.29. The van der Waals surface area contributed by atoms with Gasteiger partial charge in [-0.05, 0) is 13.8 Å². The molecular formula is C13H24O8. The Hall–Kier alpha value is -0.320. The monoisotopic (exact) mass is 308 g/mol. The molecule has 0 spiro atoms. The second-order valence-electron chi connectivity index (χ2n) is 5.59. The first-order valence-corrected chi connectivity index (χ1v) is 7.06. The highest BCUT2D eigenvalue weighted by atomic mass is 16.7. The summed E-state index contributed by atoms with van der Waals surface area (Å²) < 4.78 is 21.3. The van der Waals surface area contributed by atoms with Crippen LogP contribution >= 0.6 is 0 Å². The molecule has 2 aliphatic rings. The zero-order valence-electron chi connectivity index (χ0n) is 12.3. The van der Waals surface area contributed by atoms with E-state index in [0.717, 1.165) is 0 Å². The van der Waals surface area contributed by atoms with Crippen LogP contribution in [0.5, 0.6) is 0 Å². The van der Waals surface area contributed by atoms with Crippen LogP contribution in [0, 0.1) is 0 Å². The molecule has 0 saturated carbocycles.